The Hall–Kier alpha value is -0.310. The Morgan fingerprint density at radius 2 is 2.40 bits per heavy atom. The largest absolute Gasteiger partial charge is 0.316 e. The summed E-state index contributed by atoms with van der Waals surface area (Å²) in [4.78, 5) is 4.34. The lowest BCUT2D eigenvalue weighted by atomic mass is 10.0. The molecule has 0 spiro atoms. The SMILES string of the molecule is Cc1cc(C[C@@H]2CCNC2)ncc1Cl.Cl. The van der Waals surface area contributed by atoms with Gasteiger partial charge in [0.05, 0.1) is 5.02 Å². The van der Waals surface area contributed by atoms with Crippen molar-refractivity contribution in [1.82, 2.24) is 10.3 Å². The molecular formula is C11H16Cl2N2. The van der Waals surface area contributed by atoms with E-state index in [0.29, 0.717) is 0 Å². The lowest BCUT2D eigenvalue weighted by Gasteiger charge is -2.08. The quantitative estimate of drug-likeness (QED) is 0.868. The molecule has 0 unspecified atom stereocenters. The number of nitrogens with one attached hydrogen (secondary N) is 1. The van der Waals surface area contributed by atoms with Crippen molar-refractivity contribution in [3.63, 3.8) is 0 Å². The summed E-state index contributed by atoms with van der Waals surface area (Å²) < 4.78 is 0. The smallest absolute Gasteiger partial charge is 0.0618 e. The fourth-order valence-corrected chi connectivity index (χ4v) is 2.00. The fraction of sp³-hybridized carbons (Fsp3) is 0.545. The predicted molar refractivity (Wildman–Crippen MR) is 65.9 cm³/mol. The van der Waals surface area contributed by atoms with E-state index in [1.54, 1.807) is 6.20 Å². The average molecular weight is 247 g/mol. The third-order valence-corrected chi connectivity index (χ3v) is 3.16. The number of halogens is 2. The van der Waals surface area contributed by atoms with Crippen molar-refractivity contribution in [2.45, 2.75) is 19.8 Å². The maximum absolute atomic E-state index is 5.92. The molecule has 1 atom stereocenters. The van der Waals surface area contributed by atoms with Crippen LogP contribution in [0.5, 0.6) is 0 Å². The van der Waals surface area contributed by atoms with Gasteiger partial charge in [0, 0.05) is 11.9 Å². The molecule has 1 aliphatic heterocycles. The van der Waals surface area contributed by atoms with Crippen LogP contribution in [0.15, 0.2) is 12.3 Å². The second-order valence-electron chi connectivity index (χ2n) is 3.99. The molecule has 0 bridgehead atoms. The molecule has 1 saturated heterocycles. The van der Waals surface area contributed by atoms with Crippen LogP contribution in [0.1, 0.15) is 17.7 Å². The number of nitrogens with zero attached hydrogens (tertiary/aromatic N) is 1. The van der Waals surface area contributed by atoms with E-state index >= 15 is 0 Å². The Kier molecular flexibility index (Phi) is 4.84. The zero-order chi connectivity index (χ0) is 9.97. The highest BCUT2D eigenvalue weighted by Gasteiger charge is 2.15. The molecule has 1 aromatic rings. The van der Waals surface area contributed by atoms with Crippen LogP contribution in [0.2, 0.25) is 5.02 Å². The maximum Gasteiger partial charge on any atom is 0.0618 e. The van der Waals surface area contributed by atoms with Crippen LogP contribution in [0.3, 0.4) is 0 Å². The number of hydrogen-bond donors (Lipinski definition) is 1. The first kappa shape index (κ1) is 12.8. The summed E-state index contributed by atoms with van der Waals surface area (Å²) in [6, 6.07) is 2.10. The first-order valence-electron chi connectivity index (χ1n) is 5.07. The molecule has 15 heavy (non-hydrogen) atoms. The summed E-state index contributed by atoms with van der Waals surface area (Å²) in [5.41, 5.74) is 2.29. The van der Waals surface area contributed by atoms with Gasteiger partial charge in [-0.05, 0) is 50.4 Å². The number of rotatable bonds is 2. The minimum absolute atomic E-state index is 0. The summed E-state index contributed by atoms with van der Waals surface area (Å²) in [7, 11) is 0. The Morgan fingerprint density at radius 3 is 3.00 bits per heavy atom. The van der Waals surface area contributed by atoms with Crippen LogP contribution in [-0.2, 0) is 6.42 Å². The highest BCUT2D eigenvalue weighted by Crippen LogP contribution is 2.18. The van der Waals surface area contributed by atoms with E-state index in [1.807, 2.05) is 6.92 Å². The lowest BCUT2D eigenvalue weighted by Crippen LogP contribution is -2.11. The first-order chi connectivity index (χ1) is 6.75. The Balaban J connectivity index is 0.00000112. The topological polar surface area (TPSA) is 24.9 Å². The predicted octanol–water partition coefficient (Wildman–Crippen LogP) is 2.62. The Morgan fingerprint density at radius 1 is 1.60 bits per heavy atom. The van der Waals surface area contributed by atoms with E-state index < -0.39 is 0 Å². The van der Waals surface area contributed by atoms with Crippen LogP contribution in [0, 0.1) is 12.8 Å². The van der Waals surface area contributed by atoms with Gasteiger partial charge >= 0.3 is 0 Å². The monoisotopic (exact) mass is 246 g/mol. The van der Waals surface area contributed by atoms with Gasteiger partial charge in [0.2, 0.25) is 0 Å². The zero-order valence-electron chi connectivity index (χ0n) is 8.79. The average Bonchev–Trinajstić information content (AvgIpc) is 2.64. The van der Waals surface area contributed by atoms with E-state index in [9.17, 15) is 0 Å². The normalized spacial score (nSPS) is 20.0. The van der Waals surface area contributed by atoms with Crippen molar-refractivity contribution < 1.29 is 0 Å². The first-order valence-corrected chi connectivity index (χ1v) is 5.45. The van der Waals surface area contributed by atoms with Gasteiger partial charge in [-0.3, -0.25) is 4.98 Å². The summed E-state index contributed by atoms with van der Waals surface area (Å²) in [6.07, 6.45) is 4.10. The summed E-state index contributed by atoms with van der Waals surface area (Å²) in [5.74, 6) is 0.753. The third-order valence-electron chi connectivity index (χ3n) is 2.76. The van der Waals surface area contributed by atoms with Crippen LogP contribution in [0.4, 0.5) is 0 Å². The minimum atomic E-state index is 0. The van der Waals surface area contributed by atoms with Gasteiger partial charge in [-0.2, -0.15) is 0 Å². The van der Waals surface area contributed by atoms with Gasteiger partial charge in [-0.25, -0.2) is 0 Å². The minimum Gasteiger partial charge on any atom is -0.316 e. The molecule has 84 valence electrons. The second kappa shape index (κ2) is 5.69. The number of aryl methyl sites for hydroxylation is 1. The van der Waals surface area contributed by atoms with Gasteiger partial charge < -0.3 is 5.32 Å². The Labute approximate surface area is 102 Å². The molecular weight excluding hydrogens is 231 g/mol. The molecule has 0 aliphatic carbocycles. The zero-order valence-corrected chi connectivity index (χ0v) is 10.4. The molecule has 4 heteroatoms. The van der Waals surface area contributed by atoms with E-state index in [1.165, 1.54) is 12.1 Å². The highest BCUT2D eigenvalue weighted by atomic mass is 35.5. The van der Waals surface area contributed by atoms with E-state index in [4.69, 9.17) is 11.6 Å². The molecule has 1 fully saturated rings. The molecule has 2 rings (SSSR count). The summed E-state index contributed by atoms with van der Waals surface area (Å²) >= 11 is 5.92. The van der Waals surface area contributed by atoms with E-state index in [0.717, 1.165) is 36.0 Å². The molecule has 0 radical (unpaired) electrons. The number of hydrogen-bond acceptors (Lipinski definition) is 2. The van der Waals surface area contributed by atoms with Crippen molar-refractivity contribution in [3.8, 4) is 0 Å². The maximum atomic E-state index is 5.92. The highest BCUT2D eigenvalue weighted by molar-refractivity contribution is 6.31. The standard InChI is InChI=1S/C11H15ClN2.ClH/c1-8-4-10(14-7-11(8)12)5-9-2-3-13-6-9;/h4,7,9,13H,2-3,5-6H2,1H3;1H/t9-;/m0./s1. The Bertz CT molecular complexity index is 322. The van der Waals surface area contributed by atoms with Gasteiger partial charge in [-0.1, -0.05) is 11.6 Å². The number of aromatic nitrogens is 1. The van der Waals surface area contributed by atoms with Crippen molar-refractivity contribution in [3.05, 3.63) is 28.5 Å². The van der Waals surface area contributed by atoms with Crippen LogP contribution in [-0.4, -0.2) is 18.1 Å². The van der Waals surface area contributed by atoms with Gasteiger partial charge in [-0.15, -0.1) is 12.4 Å². The van der Waals surface area contributed by atoms with Gasteiger partial charge in [0.15, 0.2) is 0 Å². The van der Waals surface area contributed by atoms with E-state index in [-0.39, 0.29) is 12.4 Å². The van der Waals surface area contributed by atoms with Gasteiger partial charge in [0.25, 0.3) is 0 Å². The molecule has 0 amide bonds. The lowest BCUT2D eigenvalue weighted by molar-refractivity contribution is 0.571. The third kappa shape index (κ3) is 3.33. The molecule has 0 aromatic carbocycles. The second-order valence-corrected chi connectivity index (χ2v) is 4.39. The van der Waals surface area contributed by atoms with Crippen LogP contribution in [0.25, 0.3) is 0 Å². The van der Waals surface area contributed by atoms with Crippen LogP contribution >= 0.6 is 24.0 Å². The molecule has 2 nitrogen and oxygen atoms in total. The summed E-state index contributed by atoms with van der Waals surface area (Å²) in [6.45, 7) is 4.31. The van der Waals surface area contributed by atoms with Crippen molar-refractivity contribution in [2.75, 3.05) is 13.1 Å². The number of pyridine rings is 1. The molecule has 0 saturated carbocycles. The molecule has 2 heterocycles. The fourth-order valence-electron chi connectivity index (χ4n) is 1.89. The molecule has 1 aromatic heterocycles. The summed E-state index contributed by atoms with van der Waals surface area (Å²) in [5, 5.41) is 4.13. The molecule has 1 N–H and O–H groups in total. The van der Waals surface area contributed by atoms with Gasteiger partial charge in [0.1, 0.15) is 0 Å². The van der Waals surface area contributed by atoms with Crippen LogP contribution < -0.4 is 5.32 Å². The van der Waals surface area contributed by atoms with Crippen molar-refractivity contribution >= 4 is 24.0 Å². The molecule has 1 aliphatic rings. The van der Waals surface area contributed by atoms with Crippen molar-refractivity contribution in [1.29, 1.82) is 0 Å². The van der Waals surface area contributed by atoms with Crippen molar-refractivity contribution in [2.24, 2.45) is 5.92 Å². The van der Waals surface area contributed by atoms with E-state index in [2.05, 4.69) is 16.4 Å².